The van der Waals surface area contributed by atoms with E-state index in [1.54, 1.807) is 18.2 Å². The van der Waals surface area contributed by atoms with Crippen molar-refractivity contribution in [2.75, 3.05) is 5.32 Å². The first-order chi connectivity index (χ1) is 13.1. The van der Waals surface area contributed by atoms with Crippen LogP contribution in [0, 0.1) is 0 Å². The number of rotatable bonds is 5. The minimum absolute atomic E-state index is 0.0954. The van der Waals surface area contributed by atoms with Crippen LogP contribution in [0.2, 0.25) is 0 Å². The number of hydrogen-bond donors (Lipinski definition) is 2. The molecule has 3 aromatic carbocycles. The quantitative estimate of drug-likeness (QED) is 0.548. The molecule has 0 saturated heterocycles. The molecule has 1 heterocycles. The van der Waals surface area contributed by atoms with Crippen molar-refractivity contribution >= 4 is 39.4 Å². The van der Waals surface area contributed by atoms with Gasteiger partial charge in [-0.05, 0) is 23.6 Å². The number of nitrogens with one attached hydrogen (secondary N) is 1. The molecule has 0 fully saturated rings. The summed E-state index contributed by atoms with van der Waals surface area (Å²) in [6.07, 6.45) is -0.315. The van der Waals surface area contributed by atoms with E-state index in [0.717, 1.165) is 16.3 Å². The summed E-state index contributed by atoms with van der Waals surface area (Å²) in [6.45, 7) is 0. The number of aromatic nitrogens is 1. The predicted octanol–water partition coefficient (Wildman–Crippen LogP) is 4.45. The Kier molecular flexibility index (Phi) is 4.30. The number of nitrogens with zero attached hydrogens (tertiary/aromatic N) is 1. The van der Waals surface area contributed by atoms with Gasteiger partial charge in [0.2, 0.25) is 11.8 Å². The average Bonchev–Trinajstić information content (AvgIpc) is 3.11. The smallest absolute Gasteiger partial charge is 0.303 e. The third kappa shape index (κ3) is 3.37. The second kappa shape index (κ2) is 6.92. The lowest BCUT2D eigenvalue weighted by Gasteiger charge is -2.08. The molecule has 1 aromatic heterocycles. The lowest BCUT2D eigenvalue weighted by Crippen LogP contribution is -2.13. The van der Waals surface area contributed by atoms with Crippen molar-refractivity contribution < 1.29 is 19.1 Å². The number of hydrogen-bond acceptors (Lipinski definition) is 4. The third-order valence-corrected chi connectivity index (χ3v) is 4.28. The van der Waals surface area contributed by atoms with Gasteiger partial charge in [-0.2, -0.15) is 0 Å². The molecule has 0 radical (unpaired) electrons. The van der Waals surface area contributed by atoms with Gasteiger partial charge in [0.05, 0.1) is 17.7 Å². The molecule has 0 bridgehead atoms. The van der Waals surface area contributed by atoms with Crippen molar-refractivity contribution in [2.45, 2.75) is 12.8 Å². The first-order valence-electron chi connectivity index (χ1n) is 8.51. The largest absolute Gasteiger partial charge is 0.481 e. The van der Waals surface area contributed by atoms with Crippen molar-refractivity contribution in [1.29, 1.82) is 0 Å². The van der Waals surface area contributed by atoms with Crippen LogP contribution in [0.5, 0.6) is 0 Å². The molecule has 0 aliphatic rings. The van der Waals surface area contributed by atoms with Crippen LogP contribution in [-0.2, 0) is 9.59 Å². The summed E-state index contributed by atoms with van der Waals surface area (Å²) in [4.78, 5) is 27.3. The van der Waals surface area contributed by atoms with Gasteiger partial charge in [-0.3, -0.25) is 9.59 Å². The maximum absolute atomic E-state index is 12.0. The van der Waals surface area contributed by atoms with Crippen molar-refractivity contribution in [3.8, 4) is 11.5 Å². The fourth-order valence-corrected chi connectivity index (χ4v) is 2.99. The first-order valence-corrected chi connectivity index (χ1v) is 8.51. The minimum atomic E-state index is -1.01. The topological polar surface area (TPSA) is 92.4 Å². The summed E-state index contributed by atoms with van der Waals surface area (Å²) in [5.74, 6) is -0.980. The molecule has 4 aromatic rings. The molecule has 134 valence electrons. The molecule has 6 nitrogen and oxygen atoms in total. The number of carbonyl (C=O) groups is 2. The summed E-state index contributed by atoms with van der Waals surface area (Å²) in [5, 5.41) is 13.5. The Morgan fingerprint density at radius 2 is 1.74 bits per heavy atom. The lowest BCUT2D eigenvalue weighted by molar-refractivity contribution is -0.138. The zero-order valence-corrected chi connectivity index (χ0v) is 14.3. The number of para-hydroxylation sites is 1. The number of carboxylic acids is 1. The second-order valence-corrected chi connectivity index (χ2v) is 6.14. The number of carboxylic acid groups (broad SMARTS) is 1. The minimum Gasteiger partial charge on any atom is -0.481 e. The predicted molar refractivity (Wildman–Crippen MR) is 102 cm³/mol. The van der Waals surface area contributed by atoms with Crippen LogP contribution < -0.4 is 5.32 Å². The maximum Gasteiger partial charge on any atom is 0.303 e. The SMILES string of the molecule is O=C(O)CCC(=O)Nc1ccccc1-c1nc2c(ccc3ccccc32)o1. The summed E-state index contributed by atoms with van der Waals surface area (Å²) in [6, 6.07) is 18.9. The Morgan fingerprint density at radius 1 is 0.963 bits per heavy atom. The van der Waals surface area contributed by atoms with Gasteiger partial charge in [0.25, 0.3) is 0 Å². The van der Waals surface area contributed by atoms with Crippen LogP contribution in [0.15, 0.2) is 65.1 Å². The molecule has 6 heteroatoms. The normalized spacial score (nSPS) is 11.0. The molecule has 0 aliphatic heterocycles. The number of benzene rings is 3. The Bertz CT molecular complexity index is 1160. The molecular formula is C21H16N2O4. The zero-order valence-electron chi connectivity index (χ0n) is 14.3. The molecule has 0 aliphatic carbocycles. The molecule has 4 rings (SSSR count). The number of carbonyl (C=O) groups excluding carboxylic acids is 1. The molecule has 0 saturated carbocycles. The third-order valence-electron chi connectivity index (χ3n) is 4.28. The van der Waals surface area contributed by atoms with Crippen molar-refractivity contribution in [2.24, 2.45) is 0 Å². The van der Waals surface area contributed by atoms with Gasteiger partial charge in [0.1, 0.15) is 5.52 Å². The van der Waals surface area contributed by atoms with Crippen LogP contribution in [0.25, 0.3) is 33.3 Å². The van der Waals surface area contributed by atoms with E-state index in [1.807, 2.05) is 42.5 Å². The van der Waals surface area contributed by atoms with Gasteiger partial charge in [-0.1, -0.05) is 42.5 Å². The molecule has 2 N–H and O–H groups in total. The molecule has 0 spiro atoms. The number of fused-ring (bicyclic) bond motifs is 3. The van der Waals surface area contributed by atoms with E-state index >= 15 is 0 Å². The zero-order chi connectivity index (χ0) is 18.8. The summed E-state index contributed by atoms with van der Waals surface area (Å²) in [5.41, 5.74) is 2.59. The highest BCUT2D eigenvalue weighted by Crippen LogP contribution is 2.33. The van der Waals surface area contributed by atoms with Crippen LogP contribution in [0.1, 0.15) is 12.8 Å². The summed E-state index contributed by atoms with van der Waals surface area (Å²) >= 11 is 0. The van der Waals surface area contributed by atoms with E-state index < -0.39 is 5.97 Å². The van der Waals surface area contributed by atoms with Crippen molar-refractivity contribution in [3.05, 3.63) is 60.7 Å². The monoisotopic (exact) mass is 360 g/mol. The molecule has 0 atom stereocenters. The van der Waals surface area contributed by atoms with Gasteiger partial charge in [-0.25, -0.2) is 4.98 Å². The Balaban J connectivity index is 1.72. The van der Waals surface area contributed by atoms with E-state index in [2.05, 4.69) is 10.3 Å². The number of anilines is 1. The number of aliphatic carboxylic acids is 1. The molecule has 1 amide bonds. The standard InChI is InChI=1S/C21H16N2O4/c24-18(11-12-19(25)26)22-16-8-4-3-7-15(16)21-23-20-14-6-2-1-5-13(14)9-10-17(20)27-21/h1-10H,11-12H2,(H,22,24)(H,25,26). The highest BCUT2D eigenvalue weighted by molar-refractivity contribution is 6.04. The molecule has 0 unspecified atom stereocenters. The van der Waals surface area contributed by atoms with Gasteiger partial charge in [-0.15, -0.1) is 0 Å². The van der Waals surface area contributed by atoms with Crippen LogP contribution in [0.3, 0.4) is 0 Å². The van der Waals surface area contributed by atoms with E-state index in [1.165, 1.54) is 0 Å². The van der Waals surface area contributed by atoms with Crippen molar-refractivity contribution in [3.63, 3.8) is 0 Å². The highest BCUT2D eigenvalue weighted by Gasteiger charge is 2.15. The van der Waals surface area contributed by atoms with Crippen molar-refractivity contribution in [1.82, 2.24) is 4.98 Å². The summed E-state index contributed by atoms with van der Waals surface area (Å²) in [7, 11) is 0. The van der Waals surface area contributed by atoms with Crippen LogP contribution in [-0.4, -0.2) is 22.0 Å². The maximum atomic E-state index is 12.0. The first kappa shape index (κ1) is 16.8. The van der Waals surface area contributed by atoms with E-state index in [-0.39, 0.29) is 18.7 Å². The second-order valence-electron chi connectivity index (χ2n) is 6.14. The lowest BCUT2D eigenvalue weighted by atomic mass is 10.1. The van der Waals surface area contributed by atoms with Gasteiger partial charge in [0, 0.05) is 11.8 Å². The van der Waals surface area contributed by atoms with Gasteiger partial charge >= 0.3 is 5.97 Å². The Hall–Kier alpha value is -3.67. The van der Waals surface area contributed by atoms with E-state index in [4.69, 9.17) is 9.52 Å². The van der Waals surface area contributed by atoms with Crippen LogP contribution >= 0.6 is 0 Å². The Labute approximate surface area is 154 Å². The van der Waals surface area contributed by atoms with E-state index in [9.17, 15) is 9.59 Å². The number of oxazole rings is 1. The average molecular weight is 360 g/mol. The molecular weight excluding hydrogens is 344 g/mol. The van der Waals surface area contributed by atoms with E-state index in [0.29, 0.717) is 22.7 Å². The fraction of sp³-hybridized carbons (Fsp3) is 0.0952. The Morgan fingerprint density at radius 3 is 2.59 bits per heavy atom. The van der Waals surface area contributed by atoms with Crippen LogP contribution in [0.4, 0.5) is 5.69 Å². The number of amides is 1. The molecule has 27 heavy (non-hydrogen) atoms. The van der Waals surface area contributed by atoms with Gasteiger partial charge in [0.15, 0.2) is 5.58 Å². The summed E-state index contributed by atoms with van der Waals surface area (Å²) < 4.78 is 5.93. The highest BCUT2D eigenvalue weighted by atomic mass is 16.4. The van der Waals surface area contributed by atoms with Gasteiger partial charge < -0.3 is 14.8 Å². The fourth-order valence-electron chi connectivity index (χ4n) is 2.99.